The van der Waals surface area contributed by atoms with Crippen molar-refractivity contribution < 1.29 is 35.8 Å². The first-order valence-corrected chi connectivity index (χ1v) is 12.8. The molecule has 1 aliphatic rings. The summed E-state index contributed by atoms with van der Waals surface area (Å²) in [4.78, 5) is 12.4. The predicted molar refractivity (Wildman–Crippen MR) is 119 cm³/mol. The van der Waals surface area contributed by atoms with Gasteiger partial charge in [-0.05, 0) is 42.5 Å². The van der Waals surface area contributed by atoms with Gasteiger partial charge in [-0.2, -0.15) is 4.31 Å². The number of benzene rings is 2. The second-order valence-electron chi connectivity index (χ2n) is 6.93. The molecule has 0 radical (unpaired) electrons. The van der Waals surface area contributed by atoms with E-state index >= 15 is 0 Å². The molecule has 2 aromatic carbocycles. The number of carbonyl (C=O) groups is 1. The molecule has 0 bridgehead atoms. The molecule has 13 heteroatoms. The zero-order chi connectivity index (χ0) is 24.1. The number of amides is 1. The number of anilines is 1. The number of nitrogens with one attached hydrogen (secondary N) is 2. The zero-order valence-electron chi connectivity index (χ0n) is 18.1. The summed E-state index contributed by atoms with van der Waals surface area (Å²) in [5, 5.41) is 2.50. The first-order valence-electron chi connectivity index (χ1n) is 9.87. The standard InChI is InChI=1S/C20H25N3O8S2/c1-29-15-3-5-16(6-4-15)32(25,26)21-14-20(24)22-18-13-17(7-8-19(18)30-2)33(27,28)23-9-11-31-12-10-23/h3-8,13,21H,9-12,14H2,1-2H3,(H,22,24). The largest absolute Gasteiger partial charge is 0.497 e. The van der Waals surface area contributed by atoms with Crippen LogP contribution in [0, 0.1) is 0 Å². The molecule has 2 N–H and O–H groups in total. The molecule has 1 fully saturated rings. The maximum atomic E-state index is 12.9. The molecule has 11 nitrogen and oxygen atoms in total. The molecule has 1 heterocycles. The molecule has 3 rings (SSSR count). The number of sulfonamides is 2. The number of methoxy groups -OCH3 is 2. The lowest BCUT2D eigenvalue weighted by Gasteiger charge is -2.26. The zero-order valence-corrected chi connectivity index (χ0v) is 19.7. The molecular weight excluding hydrogens is 474 g/mol. The lowest BCUT2D eigenvalue weighted by Crippen LogP contribution is -2.40. The minimum Gasteiger partial charge on any atom is -0.497 e. The topological polar surface area (TPSA) is 140 Å². The second kappa shape index (κ2) is 10.5. The summed E-state index contributed by atoms with van der Waals surface area (Å²) in [7, 11) is -4.92. The second-order valence-corrected chi connectivity index (χ2v) is 10.6. The van der Waals surface area contributed by atoms with Crippen LogP contribution in [0.25, 0.3) is 0 Å². The maximum absolute atomic E-state index is 12.9. The van der Waals surface area contributed by atoms with Crippen LogP contribution in [0.1, 0.15) is 0 Å². The van der Waals surface area contributed by atoms with Gasteiger partial charge in [0, 0.05) is 13.1 Å². The van der Waals surface area contributed by atoms with Crippen molar-refractivity contribution in [3.8, 4) is 11.5 Å². The van der Waals surface area contributed by atoms with E-state index in [1.54, 1.807) is 0 Å². The average molecular weight is 500 g/mol. The molecule has 33 heavy (non-hydrogen) atoms. The minimum atomic E-state index is -3.95. The van der Waals surface area contributed by atoms with Crippen molar-refractivity contribution in [2.24, 2.45) is 0 Å². The number of carbonyl (C=O) groups excluding carboxylic acids is 1. The molecule has 2 aromatic rings. The van der Waals surface area contributed by atoms with E-state index in [0.29, 0.717) is 19.0 Å². The molecule has 1 saturated heterocycles. The van der Waals surface area contributed by atoms with Crippen molar-refractivity contribution in [3.63, 3.8) is 0 Å². The van der Waals surface area contributed by atoms with E-state index in [2.05, 4.69) is 10.0 Å². The van der Waals surface area contributed by atoms with Gasteiger partial charge in [-0.25, -0.2) is 21.6 Å². The van der Waals surface area contributed by atoms with Crippen LogP contribution < -0.4 is 19.5 Å². The lowest BCUT2D eigenvalue weighted by molar-refractivity contribution is -0.115. The fourth-order valence-electron chi connectivity index (χ4n) is 3.07. The van der Waals surface area contributed by atoms with Crippen LogP contribution in [0.15, 0.2) is 52.3 Å². The van der Waals surface area contributed by atoms with Crippen molar-refractivity contribution >= 4 is 31.6 Å². The van der Waals surface area contributed by atoms with E-state index < -0.39 is 32.5 Å². The van der Waals surface area contributed by atoms with Gasteiger partial charge in [0.1, 0.15) is 11.5 Å². The monoisotopic (exact) mass is 499 g/mol. The highest BCUT2D eigenvalue weighted by Crippen LogP contribution is 2.29. The highest BCUT2D eigenvalue weighted by molar-refractivity contribution is 7.89. The molecular formula is C20H25N3O8S2. The first kappa shape index (κ1) is 24.9. The van der Waals surface area contributed by atoms with Crippen molar-refractivity contribution in [2.45, 2.75) is 9.79 Å². The van der Waals surface area contributed by atoms with Gasteiger partial charge < -0.3 is 19.5 Å². The Balaban J connectivity index is 1.72. The molecule has 0 spiro atoms. The van der Waals surface area contributed by atoms with Crippen LogP contribution in [0.3, 0.4) is 0 Å². The summed E-state index contributed by atoms with van der Waals surface area (Å²) in [6, 6.07) is 9.75. The summed E-state index contributed by atoms with van der Waals surface area (Å²) < 4.78 is 69.5. The fraction of sp³-hybridized carbons (Fsp3) is 0.350. The predicted octanol–water partition coefficient (Wildman–Crippen LogP) is 0.642. The normalized spacial score (nSPS) is 15.1. The molecule has 0 unspecified atom stereocenters. The third-order valence-corrected chi connectivity index (χ3v) is 8.16. The number of hydrogen-bond acceptors (Lipinski definition) is 8. The van der Waals surface area contributed by atoms with Gasteiger partial charge in [0.2, 0.25) is 26.0 Å². The van der Waals surface area contributed by atoms with Crippen LogP contribution in [0.2, 0.25) is 0 Å². The molecule has 1 aliphatic heterocycles. The van der Waals surface area contributed by atoms with Crippen LogP contribution in [-0.2, 0) is 29.6 Å². The maximum Gasteiger partial charge on any atom is 0.243 e. The van der Waals surface area contributed by atoms with Gasteiger partial charge in [0.25, 0.3) is 0 Å². The Labute approximate surface area is 192 Å². The Bertz CT molecular complexity index is 1190. The van der Waals surface area contributed by atoms with Gasteiger partial charge in [0.15, 0.2) is 0 Å². The third kappa shape index (κ3) is 6.00. The van der Waals surface area contributed by atoms with Crippen LogP contribution >= 0.6 is 0 Å². The van der Waals surface area contributed by atoms with E-state index in [4.69, 9.17) is 14.2 Å². The third-order valence-electron chi connectivity index (χ3n) is 4.85. The Morgan fingerprint density at radius 1 is 0.970 bits per heavy atom. The number of nitrogens with zero attached hydrogens (tertiary/aromatic N) is 1. The summed E-state index contributed by atoms with van der Waals surface area (Å²) in [6.07, 6.45) is 0. The molecule has 1 amide bonds. The fourth-order valence-corrected chi connectivity index (χ4v) is 5.49. The smallest absolute Gasteiger partial charge is 0.243 e. The number of morpholine rings is 1. The highest BCUT2D eigenvalue weighted by atomic mass is 32.2. The molecule has 0 saturated carbocycles. The summed E-state index contributed by atoms with van der Waals surface area (Å²) in [6.45, 7) is 0.477. The quantitative estimate of drug-likeness (QED) is 0.512. The SMILES string of the molecule is COc1ccc(S(=O)(=O)NCC(=O)Nc2cc(S(=O)(=O)N3CCOCC3)ccc2OC)cc1. The Morgan fingerprint density at radius 3 is 2.21 bits per heavy atom. The summed E-state index contributed by atoms with van der Waals surface area (Å²) in [5.41, 5.74) is 0.0977. The average Bonchev–Trinajstić information content (AvgIpc) is 2.83. The van der Waals surface area contributed by atoms with E-state index in [9.17, 15) is 21.6 Å². The van der Waals surface area contributed by atoms with Crippen molar-refractivity contribution in [2.75, 3.05) is 52.4 Å². The molecule has 180 valence electrons. The Hall–Kier alpha value is -2.71. The van der Waals surface area contributed by atoms with Gasteiger partial charge in [0.05, 0.1) is 49.5 Å². The Kier molecular flexibility index (Phi) is 7.92. The first-order chi connectivity index (χ1) is 15.7. The van der Waals surface area contributed by atoms with Gasteiger partial charge in [-0.3, -0.25) is 4.79 Å². The number of rotatable bonds is 9. The van der Waals surface area contributed by atoms with E-state index in [-0.39, 0.29) is 34.3 Å². The van der Waals surface area contributed by atoms with E-state index in [1.165, 1.54) is 61.0 Å². The van der Waals surface area contributed by atoms with Crippen molar-refractivity contribution in [3.05, 3.63) is 42.5 Å². The highest BCUT2D eigenvalue weighted by Gasteiger charge is 2.27. The van der Waals surface area contributed by atoms with Crippen LogP contribution in [0.5, 0.6) is 11.5 Å². The van der Waals surface area contributed by atoms with Gasteiger partial charge in [-0.1, -0.05) is 0 Å². The van der Waals surface area contributed by atoms with Crippen LogP contribution in [-0.4, -0.2) is 74.1 Å². The van der Waals surface area contributed by atoms with Gasteiger partial charge in [-0.15, -0.1) is 0 Å². The molecule has 0 aromatic heterocycles. The minimum absolute atomic E-state index is 0.0284. The van der Waals surface area contributed by atoms with Crippen LogP contribution in [0.4, 0.5) is 5.69 Å². The van der Waals surface area contributed by atoms with Gasteiger partial charge >= 0.3 is 0 Å². The summed E-state index contributed by atoms with van der Waals surface area (Å²) in [5.74, 6) is 0.0132. The Morgan fingerprint density at radius 2 is 1.61 bits per heavy atom. The van der Waals surface area contributed by atoms with Crippen molar-refractivity contribution in [1.82, 2.24) is 9.03 Å². The summed E-state index contributed by atoms with van der Waals surface area (Å²) >= 11 is 0. The van der Waals surface area contributed by atoms with E-state index in [1.807, 2.05) is 0 Å². The molecule has 0 atom stereocenters. The van der Waals surface area contributed by atoms with Crippen molar-refractivity contribution in [1.29, 1.82) is 0 Å². The van der Waals surface area contributed by atoms with E-state index in [0.717, 1.165) is 0 Å². The molecule has 0 aliphatic carbocycles. The number of hydrogen-bond donors (Lipinski definition) is 2. The number of ether oxygens (including phenoxy) is 3. The lowest BCUT2D eigenvalue weighted by atomic mass is 10.3.